The smallest absolute Gasteiger partial charge is 0.279 e. The van der Waals surface area contributed by atoms with Crippen LogP contribution in [0.15, 0.2) is 47.3 Å². The van der Waals surface area contributed by atoms with Gasteiger partial charge in [0.05, 0.1) is 22.7 Å². The van der Waals surface area contributed by atoms with E-state index < -0.39 is 17.3 Å². The van der Waals surface area contributed by atoms with Gasteiger partial charge in [0, 0.05) is 11.9 Å². The maximum atomic E-state index is 14.6. The molecular weight excluding hydrogens is 400 g/mol. The number of rotatable bonds is 6. The number of halogens is 2. The van der Waals surface area contributed by atoms with E-state index in [4.69, 9.17) is 0 Å². The quantitative estimate of drug-likeness (QED) is 0.615. The molecular formula is C24H25F2N3O2. The second kappa shape index (κ2) is 8.49. The van der Waals surface area contributed by atoms with Crippen molar-refractivity contribution in [3.63, 3.8) is 0 Å². The van der Waals surface area contributed by atoms with Gasteiger partial charge in [0.15, 0.2) is 0 Å². The first kappa shape index (κ1) is 21.0. The molecule has 0 spiro atoms. The van der Waals surface area contributed by atoms with Gasteiger partial charge in [-0.05, 0) is 56.4 Å². The molecule has 0 saturated heterocycles. The maximum absolute atomic E-state index is 14.6. The summed E-state index contributed by atoms with van der Waals surface area (Å²) in [6, 6.07) is 10.2. The molecule has 1 fully saturated rings. The average Bonchev–Trinajstić information content (AvgIpc) is 2.69. The average molecular weight is 425 g/mol. The standard InChI is InChI=1S/C24H25F2N3O2/c1-3-27-29-14(2)20(18-11-6-12-19(26)21(18)24(29)31)23(30)28-22(15-7-4-8-15)16-9-5-10-17(25)13-16/h5-6,9-13,15,22,27H,3-4,7-8H2,1-2H3,(H,28,30)/t22-/m0/s1. The summed E-state index contributed by atoms with van der Waals surface area (Å²) in [6.45, 7) is 3.90. The Morgan fingerprint density at radius 2 is 1.94 bits per heavy atom. The number of fused-ring (bicyclic) bond motifs is 1. The molecule has 7 heteroatoms. The van der Waals surface area contributed by atoms with E-state index in [9.17, 15) is 18.4 Å². The third kappa shape index (κ3) is 3.80. The summed E-state index contributed by atoms with van der Waals surface area (Å²) < 4.78 is 29.7. The van der Waals surface area contributed by atoms with E-state index in [0.29, 0.717) is 17.8 Å². The van der Waals surface area contributed by atoms with Gasteiger partial charge in [0.1, 0.15) is 11.6 Å². The number of hydrogen-bond acceptors (Lipinski definition) is 3. The zero-order valence-corrected chi connectivity index (χ0v) is 17.5. The summed E-state index contributed by atoms with van der Waals surface area (Å²) in [5, 5.41) is 3.18. The Hall–Kier alpha value is -3.22. The summed E-state index contributed by atoms with van der Waals surface area (Å²) in [5.41, 5.74) is 3.70. The number of hydrogen-bond donors (Lipinski definition) is 2. The van der Waals surface area contributed by atoms with E-state index in [1.165, 1.54) is 28.9 Å². The fraction of sp³-hybridized carbons (Fsp3) is 0.333. The van der Waals surface area contributed by atoms with Crippen LogP contribution in [-0.4, -0.2) is 17.1 Å². The predicted molar refractivity (Wildman–Crippen MR) is 117 cm³/mol. The molecule has 5 nitrogen and oxygen atoms in total. The number of pyridine rings is 1. The van der Waals surface area contributed by atoms with E-state index in [1.54, 1.807) is 25.1 Å². The van der Waals surface area contributed by atoms with Crippen LogP contribution < -0.4 is 16.3 Å². The molecule has 162 valence electrons. The molecule has 0 bridgehead atoms. The Morgan fingerprint density at radius 1 is 1.19 bits per heavy atom. The Labute approximate surface area is 179 Å². The third-order valence-electron chi connectivity index (χ3n) is 6.06. The molecule has 1 aliphatic rings. The molecule has 1 aromatic heterocycles. The highest BCUT2D eigenvalue weighted by Gasteiger charge is 2.31. The van der Waals surface area contributed by atoms with Crippen LogP contribution in [0.1, 0.15) is 53.8 Å². The fourth-order valence-corrected chi connectivity index (χ4v) is 4.32. The molecule has 3 aromatic rings. The largest absolute Gasteiger partial charge is 0.345 e. The first-order valence-corrected chi connectivity index (χ1v) is 10.6. The predicted octanol–water partition coefficient (Wildman–Crippen LogP) is 4.42. The SMILES string of the molecule is CCNn1c(C)c(C(=O)N[C@H](c2cccc(F)c2)C2CCC2)c2cccc(F)c2c1=O. The Balaban J connectivity index is 1.83. The molecule has 0 unspecified atom stereocenters. The molecule has 0 aliphatic heterocycles. The highest BCUT2D eigenvalue weighted by molar-refractivity contribution is 6.08. The zero-order valence-electron chi connectivity index (χ0n) is 17.5. The van der Waals surface area contributed by atoms with Crippen molar-refractivity contribution in [3.8, 4) is 0 Å². The topological polar surface area (TPSA) is 63.1 Å². The van der Waals surface area contributed by atoms with Crippen molar-refractivity contribution in [2.24, 2.45) is 5.92 Å². The third-order valence-corrected chi connectivity index (χ3v) is 6.06. The molecule has 2 N–H and O–H groups in total. The molecule has 31 heavy (non-hydrogen) atoms. The van der Waals surface area contributed by atoms with Crippen molar-refractivity contribution in [2.75, 3.05) is 12.0 Å². The van der Waals surface area contributed by atoms with E-state index in [0.717, 1.165) is 19.3 Å². The van der Waals surface area contributed by atoms with Crippen LogP contribution >= 0.6 is 0 Å². The lowest BCUT2D eigenvalue weighted by atomic mass is 9.77. The molecule has 1 heterocycles. The molecule has 0 radical (unpaired) electrons. The van der Waals surface area contributed by atoms with Gasteiger partial charge < -0.3 is 10.7 Å². The molecule has 2 aromatic carbocycles. The molecule has 1 saturated carbocycles. The highest BCUT2D eigenvalue weighted by atomic mass is 19.1. The maximum Gasteiger partial charge on any atom is 0.279 e. The Kier molecular flexibility index (Phi) is 5.76. The van der Waals surface area contributed by atoms with Gasteiger partial charge in [-0.3, -0.25) is 9.59 Å². The number of carbonyl (C=O) groups excluding carboxylic acids is 1. The minimum Gasteiger partial charge on any atom is -0.345 e. The highest BCUT2D eigenvalue weighted by Crippen LogP contribution is 2.38. The minimum atomic E-state index is -0.677. The number of nitrogens with one attached hydrogen (secondary N) is 2. The Morgan fingerprint density at radius 3 is 2.58 bits per heavy atom. The van der Waals surface area contributed by atoms with Gasteiger partial charge in [0.2, 0.25) is 0 Å². The monoisotopic (exact) mass is 425 g/mol. The van der Waals surface area contributed by atoms with E-state index >= 15 is 0 Å². The van der Waals surface area contributed by atoms with Crippen molar-refractivity contribution >= 4 is 16.7 Å². The van der Waals surface area contributed by atoms with Gasteiger partial charge in [0.25, 0.3) is 11.5 Å². The summed E-state index contributed by atoms with van der Waals surface area (Å²) in [7, 11) is 0. The van der Waals surface area contributed by atoms with Gasteiger partial charge in [-0.15, -0.1) is 0 Å². The van der Waals surface area contributed by atoms with Crippen molar-refractivity contribution in [1.82, 2.24) is 9.99 Å². The molecule has 4 rings (SSSR count). The number of carbonyl (C=O) groups is 1. The lowest BCUT2D eigenvalue weighted by Gasteiger charge is -2.35. The van der Waals surface area contributed by atoms with Crippen LogP contribution in [0.5, 0.6) is 0 Å². The summed E-state index contributed by atoms with van der Waals surface area (Å²) in [4.78, 5) is 26.4. The lowest BCUT2D eigenvalue weighted by molar-refractivity contribution is 0.0900. The normalized spacial score (nSPS) is 14.8. The summed E-state index contributed by atoms with van der Waals surface area (Å²) in [6.07, 6.45) is 2.93. The van der Waals surface area contributed by atoms with Crippen molar-refractivity contribution in [3.05, 3.63) is 81.3 Å². The van der Waals surface area contributed by atoms with Gasteiger partial charge in [-0.2, -0.15) is 0 Å². The first-order valence-electron chi connectivity index (χ1n) is 10.6. The zero-order chi connectivity index (χ0) is 22.1. The van der Waals surface area contributed by atoms with E-state index in [2.05, 4.69) is 10.7 Å². The summed E-state index contributed by atoms with van der Waals surface area (Å²) in [5.74, 6) is -1.25. The molecule has 1 amide bonds. The van der Waals surface area contributed by atoms with Crippen molar-refractivity contribution in [2.45, 2.75) is 39.2 Å². The van der Waals surface area contributed by atoms with Gasteiger partial charge in [-0.1, -0.05) is 30.7 Å². The lowest BCUT2D eigenvalue weighted by Crippen LogP contribution is -2.39. The minimum absolute atomic E-state index is 0.134. The number of nitrogens with zero attached hydrogens (tertiary/aromatic N) is 1. The van der Waals surface area contributed by atoms with Gasteiger partial charge >= 0.3 is 0 Å². The fourth-order valence-electron chi connectivity index (χ4n) is 4.32. The first-order chi connectivity index (χ1) is 14.9. The van der Waals surface area contributed by atoms with E-state index in [1.807, 2.05) is 6.92 Å². The number of amides is 1. The molecule has 1 aliphatic carbocycles. The number of benzene rings is 2. The van der Waals surface area contributed by atoms with Crippen LogP contribution in [-0.2, 0) is 0 Å². The summed E-state index contributed by atoms with van der Waals surface area (Å²) >= 11 is 0. The second-order valence-electron chi connectivity index (χ2n) is 7.97. The number of aromatic nitrogens is 1. The molecule has 1 atom stereocenters. The van der Waals surface area contributed by atoms with Crippen molar-refractivity contribution < 1.29 is 13.6 Å². The van der Waals surface area contributed by atoms with Crippen molar-refractivity contribution in [1.29, 1.82) is 0 Å². The van der Waals surface area contributed by atoms with Crippen LogP contribution in [0, 0.1) is 24.5 Å². The Bertz CT molecular complexity index is 1200. The van der Waals surface area contributed by atoms with Crippen LogP contribution in [0.2, 0.25) is 0 Å². The van der Waals surface area contributed by atoms with Crippen LogP contribution in [0.4, 0.5) is 8.78 Å². The van der Waals surface area contributed by atoms with Crippen LogP contribution in [0.25, 0.3) is 10.8 Å². The van der Waals surface area contributed by atoms with Gasteiger partial charge in [-0.25, -0.2) is 13.5 Å². The van der Waals surface area contributed by atoms with Crippen LogP contribution in [0.3, 0.4) is 0 Å². The van der Waals surface area contributed by atoms with E-state index in [-0.39, 0.29) is 34.1 Å². The second-order valence-corrected chi connectivity index (χ2v) is 7.97.